The molecule has 0 radical (unpaired) electrons. The Hall–Kier alpha value is -1.98. The Bertz CT molecular complexity index is 895. The maximum Gasteiger partial charge on any atom is 0.170 e. The molecule has 0 atom stereocenters. The zero-order chi connectivity index (χ0) is 17.4. The summed E-state index contributed by atoms with van der Waals surface area (Å²) in [5.41, 5.74) is 3.93. The second-order valence-corrected chi connectivity index (χ2v) is 7.53. The van der Waals surface area contributed by atoms with Crippen molar-refractivity contribution in [1.82, 2.24) is 9.80 Å². The Morgan fingerprint density at radius 1 is 1.12 bits per heavy atom. The number of halogens is 1. The summed E-state index contributed by atoms with van der Waals surface area (Å²) in [5, 5.41) is 2.39. The third-order valence-corrected chi connectivity index (χ3v) is 5.48. The molecule has 2 aliphatic rings. The predicted octanol–water partition coefficient (Wildman–Crippen LogP) is 3.21. The third-order valence-electron chi connectivity index (χ3n) is 5.02. The molecule has 5 heteroatoms. The molecule has 0 amide bonds. The molecule has 0 spiro atoms. The van der Waals surface area contributed by atoms with Gasteiger partial charge in [0, 0.05) is 36.2 Å². The fraction of sp³-hybridized carbons (Fsp3) is 0.300. The van der Waals surface area contributed by atoms with Crippen LogP contribution in [0.2, 0.25) is 0 Å². The maximum absolute atomic E-state index is 11.6. The van der Waals surface area contributed by atoms with Gasteiger partial charge in [0.1, 0.15) is 5.71 Å². The number of carbonyl (C=O) groups is 1. The lowest BCUT2D eigenvalue weighted by atomic mass is 9.96. The number of aldehydes is 1. The van der Waals surface area contributed by atoms with Crippen LogP contribution in [0.5, 0.6) is 0 Å². The normalized spacial score (nSPS) is 18.8. The number of rotatable bonds is 3. The summed E-state index contributed by atoms with van der Waals surface area (Å²) in [4.78, 5) is 20.8. The van der Waals surface area contributed by atoms with Crippen molar-refractivity contribution in [1.29, 1.82) is 0 Å². The molecule has 0 bridgehead atoms. The quantitative estimate of drug-likeness (QED) is 0.745. The Kier molecular flexibility index (Phi) is 4.44. The van der Waals surface area contributed by atoms with Gasteiger partial charge >= 0.3 is 0 Å². The van der Waals surface area contributed by atoms with E-state index in [0.29, 0.717) is 12.3 Å². The second kappa shape index (κ2) is 6.73. The molecule has 2 aromatic carbocycles. The van der Waals surface area contributed by atoms with Crippen LogP contribution in [0.4, 0.5) is 0 Å². The average Bonchev–Trinajstić information content (AvgIpc) is 3.05. The third kappa shape index (κ3) is 3.02. The number of hydrogen-bond acceptors (Lipinski definition) is 4. The van der Waals surface area contributed by atoms with Crippen molar-refractivity contribution in [3.63, 3.8) is 0 Å². The summed E-state index contributed by atoms with van der Waals surface area (Å²) in [6.07, 6.45) is 0.904. The number of fused-ring (bicyclic) bond motifs is 1. The molecule has 0 unspecified atom stereocenters. The minimum atomic E-state index is 0.566. The number of hydrogen-bond donors (Lipinski definition) is 0. The van der Waals surface area contributed by atoms with Crippen molar-refractivity contribution in [3.05, 3.63) is 52.1 Å². The average molecular weight is 398 g/mol. The number of aliphatic imine (C=N–C) groups is 1. The molecule has 4 rings (SSSR count). The molecule has 2 aromatic rings. The first-order valence-electron chi connectivity index (χ1n) is 8.52. The minimum absolute atomic E-state index is 0.566. The molecule has 0 aliphatic carbocycles. The van der Waals surface area contributed by atoms with Gasteiger partial charge in [-0.1, -0.05) is 40.2 Å². The molecule has 4 nitrogen and oxygen atoms in total. The fourth-order valence-electron chi connectivity index (χ4n) is 3.68. The van der Waals surface area contributed by atoms with Gasteiger partial charge in [0.05, 0.1) is 12.2 Å². The van der Waals surface area contributed by atoms with Crippen LogP contribution in [0.25, 0.3) is 16.3 Å². The molecule has 0 aromatic heterocycles. The van der Waals surface area contributed by atoms with Crippen molar-refractivity contribution in [2.45, 2.75) is 0 Å². The number of benzene rings is 2. The van der Waals surface area contributed by atoms with E-state index >= 15 is 0 Å². The molecule has 1 saturated heterocycles. The highest BCUT2D eigenvalue weighted by Crippen LogP contribution is 2.34. The van der Waals surface area contributed by atoms with E-state index in [2.05, 4.69) is 74.2 Å². The van der Waals surface area contributed by atoms with Gasteiger partial charge < -0.3 is 9.80 Å². The summed E-state index contributed by atoms with van der Waals surface area (Å²) in [6.45, 7) is 4.42. The largest absolute Gasteiger partial charge is 0.367 e. The fourth-order valence-corrected chi connectivity index (χ4v) is 4.16. The molecule has 2 heterocycles. The molecule has 128 valence electrons. The highest BCUT2D eigenvalue weighted by Gasteiger charge is 2.28. The summed E-state index contributed by atoms with van der Waals surface area (Å²) >= 11 is 3.64. The highest BCUT2D eigenvalue weighted by atomic mass is 79.9. The van der Waals surface area contributed by atoms with Crippen molar-refractivity contribution >= 4 is 44.3 Å². The second-order valence-electron chi connectivity index (χ2n) is 6.61. The van der Waals surface area contributed by atoms with Crippen LogP contribution in [-0.4, -0.2) is 61.6 Å². The van der Waals surface area contributed by atoms with Crippen molar-refractivity contribution in [3.8, 4) is 0 Å². The van der Waals surface area contributed by atoms with E-state index in [1.54, 1.807) is 0 Å². The minimum Gasteiger partial charge on any atom is -0.367 e. The first kappa shape index (κ1) is 16.5. The lowest BCUT2D eigenvalue weighted by Crippen LogP contribution is -2.45. The number of allylic oxidation sites excluding steroid dienone is 1. The van der Waals surface area contributed by atoms with Gasteiger partial charge in [-0.05, 0) is 35.5 Å². The van der Waals surface area contributed by atoms with E-state index in [1.165, 1.54) is 16.3 Å². The van der Waals surface area contributed by atoms with Gasteiger partial charge in [0.25, 0.3) is 0 Å². The topological polar surface area (TPSA) is 35.9 Å². The molecular weight excluding hydrogens is 378 g/mol. The van der Waals surface area contributed by atoms with E-state index in [-0.39, 0.29) is 0 Å². The van der Waals surface area contributed by atoms with E-state index < -0.39 is 0 Å². The first-order chi connectivity index (χ1) is 12.2. The summed E-state index contributed by atoms with van der Waals surface area (Å²) < 4.78 is 1.05. The summed E-state index contributed by atoms with van der Waals surface area (Å²) in [7, 11) is 2.14. The Morgan fingerprint density at radius 2 is 1.88 bits per heavy atom. The van der Waals surface area contributed by atoms with Gasteiger partial charge in [-0.2, -0.15) is 0 Å². The van der Waals surface area contributed by atoms with Gasteiger partial charge in [-0.15, -0.1) is 0 Å². The van der Waals surface area contributed by atoms with Crippen molar-refractivity contribution < 1.29 is 4.79 Å². The maximum atomic E-state index is 11.6. The molecule has 0 saturated carbocycles. The number of likely N-dealkylation sites (N-methyl/N-ethyl adjacent to an activating group) is 1. The van der Waals surface area contributed by atoms with Gasteiger partial charge in [0.2, 0.25) is 0 Å². The first-order valence-corrected chi connectivity index (χ1v) is 9.32. The standard InChI is InChI=1S/C20H20BrN3O/c1-23-6-8-24(9-7-23)20-18(12-22-19(20)13-25)17-11-15(21)10-14-4-2-3-5-16(14)17/h2-5,10-11,13H,6-9,12H2,1H3. The van der Waals surface area contributed by atoms with E-state index in [9.17, 15) is 4.79 Å². The molecular formula is C20H20BrN3O. The molecule has 25 heavy (non-hydrogen) atoms. The van der Waals surface area contributed by atoms with Crippen molar-refractivity contribution in [2.24, 2.45) is 4.99 Å². The van der Waals surface area contributed by atoms with Gasteiger partial charge in [-0.25, -0.2) is 0 Å². The van der Waals surface area contributed by atoms with Crippen LogP contribution < -0.4 is 0 Å². The number of piperazine rings is 1. The summed E-state index contributed by atoms with van der Waals surface area (Å²) in [6, 6.07) is 12.7. The van der Waals surface area contributed by atoms with Gasteiger partial charge in [0.15, 0.2) is 6.29 Å². The summed E-state index contributed by atoms with van der Waals surface area (Å²) in [5.74, 6) is 0. The highest BCUT2D eigenvalue weighted by molar-refractivity contribution is 9.10. The Labute approximate surface area is 156 Å². The number of nitrogens with zero attached hydrogens (tertiary/aromatic N) is 3. The van der Waals surface area contributed by atoms with E-state index in [1.807, 2.05) is 0 Å². The van der Waals surface area contributed by atoms with E-state index in [0.717, 1.165) is 48.2 Å². The lowest BCUT2D eigenvalue weighted by Gasteiger charge is -2.35. The van der Waals surface area contributed by atoms with Crippen LogP contribution in [0.3, 0.4) is 0 Å². The molecule has 2 aliphatic heterocycles. The van der Waals surface area contributed by atoms with Crippen LogP contribution in [0.1, 0.15) is 5.56 Å². The van der Waals surface area contributed by atoms with Gasteiger partial charge in [-0.3, -0.25) is 9.79 Å². The smallest absolute Gasteiger partial charge is 0.170 e. The molecule has 0 N–H and O–H groups in total. The monoisotopic (exact) mass is 397 g/mol. The zero-order valence-electron chi connectivity index (χ0n) is 14.2. The lowest BCUT2D eigenvalue weighted by molar-refractivity contribution is -0.102. The molecule has 1 fully saturated rings. The predicted molar refractivity (Wildman–Crippen MR) is 106 cm³/mol. The van der Waals surface area contributed by atoms with Crippen LogP contribution in [0, 0.1) is 0 Å². The Morgan fingerprint density at radius 3 is 2.64 bits per heavy atom. The Balaban J connectivity index is 1.87. The SMILES string of the molecule is CN1CCN(C2=C(c3cc(Br)cc4ccccc34)CN=C2C=O)CC1. The van der Waals surface area contributed by atoms with E-state index in [4.69, 9.17) is 0 Å². The van der Waals surface area contributed by atoms with Crippen LogP contribution in [-0.2, 0) is 4.79 Å². The van der Waals surface area contributed by atoms with Crippen LogP contribution >= 0.6 is 15.9 Å². The van der Waals surface area contributed by atoms with Crippen molar-refractivity contribution in [2.75, 3.05) is 39.8 Å². The number of carbonyl (C=O) groups excluding carboxylic acids is 1. The zero-order valence-corrected chi connectivity index (χ0v) is 15.8. The van der Waals surface area contributed by atoms with Crippen LogP contribution in [0.15, 0.2) is 51.6 Å².